The van der Waals surface area contributed by atoms with Gasteiger partial charge in [-0.3, -0.25) is 9.59 Å². The Kier molecular flexibility index (Phi) is 5.61. The molecule has 2 aromatic heterocycles. The molecule has 0 aliphatic rings. The highest BCUT2D eigenvalue weighted by atomic mass is 79.9. The molecule has 21 heavy (non-hydrogen) atoms. The zero-order valence-corrected chi connectivity index (χ0v) is 14.5. The van der Waals surface area contributed by atoms with E-state index in [1.807, 2.05) is 19.1 Å². The van der Waals surface area contributed by atoms with Crippen molar-refractivity contribution in [2.24, 2.45) is 0 Å². The smallest absolute Gasteiger partial charge is 0.251 e. The molecule has 1 amide bonds. The average Bonchev–Trinajstić information content (AvgIpc) is 2.85. The molecule has 0 unspecified atom stereocenters. The van der Waals surface area contributed by atoms with Crippen molar-refractivity contribution in [3.63, 3.8) is 0 Å². The van der Waals surface area contributed by atoms with Crippen LogP contribution in [0.5, 0.6) is 0 Å². The highest BCUT2D eigenvalue weighted by molar-refractivity contribution is 9.10. The Balaban J connectivity index is 2.09. The average molecular weight is 390 g/mol. The maximum Gasteiger partial charge on any atom is 0.251 e. The molecular weight excluding hydrogens is 376 g/mol. The van der Waals surface area contributed by atoms with E-state index in [4.69, 9.17) is 11.6 Å². The van der Waals surface area contributed by atoms with Gasteiger partial charge in [0.1, 0.15) is 6.54 Å². The Morgan fingerprint density at radius 2 is 2.14 bits per heavy atom. The highest BCUT2D eigenvalue weighted by Gasteiger charge is 2.14. The third kappa shape index (κ3) is 4.43. The number of hydrogen-bond donors (Lipinski definition) is 0. The highest BCUT2D eigenvalue weighted by Crippen LogP contribution is 2.22. The van der Waals surface area contributed by atoms with Crippen LogP contribution in [0.3, 0.4) is 0 Å². The topological polar surface area (TPSA) is 42.3 Å². The number of nitrogens with zero attached hydrogens (tertiary/aromatic N) is 2. The molecule has 2 rings (SSSR count). The number of pyridine rings is 1. The number of aromatic nitrogens is 1. The van der Waals surface area contributed by atoms with Crippen LogP contribution in [0.15, 0.2) is 39.7 Å². The van der Waals surface area contributed by atoms with Crippen molar-refractivity contribution < 1.29 is 4.79 Å². The molecule has 0 radical (unpaired) electrons. The minimum absolute atomic E-state index is 0.0330. The van der Waals surface area contributed by atoms with Gasteiger partial charge in [0.25, 0.3) is 5.56 Å². The molecule has 7 heteroatoms. The second kappa shape index (κ2) is 7.24. The molecule has 4 nitrogen and oxygen atoms in total. The first-order chi connectivity index (χ1) is 9.99. The van der Waals surface area contributed by atoms with Gasteiger partial charge in [-0.15, -0.1) is 11.3 Å². The lowest BCUT2D eigenvalue weighted by Gasteiger charge is -2.20. The van der Waals surface area contributed by atoms with Crippen LogP contribution in [0.25, 0.3) is 0 Å². The lowest BCUT2D eigenvalue weighted by molar-refractivity contribution is -0.132. The summed E-state index contributed by atoms with van der Waals surface area (Å²) in [5, 5.41) is 0. The van der Waals surface area contributed by atoms with Crippen molar-refractivity contribution >= 4 is 44.8 Å². The third-order valence-electron chi connectivity index (χ3n) is 2.96. The van der Waals surface area contributed by atoms with Crippen molar-refractivity contribution in [1.82, 2.24) is 9.47 Å². The van der Waals surface area contributed by atoms with E-state index in [0.717, 1.165) is 9.35 Å². The van der Waals surface area contributed by atoms with Crippen LogP contribution in [0.2, 0.25) is 4.34 Å². The van der Waals surface area contributed by atoms with E-state index in [1.54, 1.807) is 17.2 Å². The molecule has 0 saturated carbocycles. The Morgan fingerprint density at radius 3 is 2.76 bits per heavy atom. The molecule has 0 aliphatic carbocycles. The van der Waals surface area contributed by atoms with Crippen LogP contribution in [0.1, 0.15) is 11.8 Å². The third-order valence-corrected chi connectivity index (χ3v) is 4.65. The summed E-state index contributed by atoms with van der Waals surface area (Å²) in [7, 11) is 0. The van der Waals surface area contributed by atoms with Crippen molar-refractivity contribution in [2.45, 2.75) is 20.0 Å². The molecule has 112 valence electrons. The van der Waals surface area contributed by atoms with Gasteiger partial charge in [-0.25, -0.2) is 0 Å². The number of halogens is 2. The number of thiophene rings is 1. The van der Waals surface area contributed by atoms with Gasteiger partial charge in [0.2, 0.25) is 5.91 Å². The predicted octanol–water partition coefficient (Wildman–Crippen LogP) is 3.37. The molecule has 0 atom stereocenters. The van der Waals surface area contributed by atoms with Crippen LogP contribution in [-0.4, -0.2) is 21.9 Å². The summed E-state index contributed by atoms with van der Waals surface area (Å²) in [6.45, 7) is 3.04. The van der Waals surface area contributed by atoms with E-state index in [2.05, 4.69) is 15.9 Å². The summed E-state index contributed by atoms with van der Waals surface area (Å²) in [6.07, 6.45) is 1.62. The fourth-order valence-electron chi connectivity index (χ4n) is 1.87. The normalized spacial score (nSPS) is 10.6. The van der Waals surface area contributed by atoms with Gasteiger partial charge in [0.15, 0.2) is 0 Å². The van der Waals surface area contributed by atoms with E-state index >= 15 is 0 Å². The Hall–Kier alpha value is -1.11. The summed E-state index contributed by atoms with van der Waals surface area (Å²) in [4.78, 5) is 26.8. The van der Waals surface area contributed by atoms with Crippen LogP contribution >= 0.6 is 38.9 Å². The standard InChI is InChI=1S/C14H14BrClN2O2S/c1-2-17(8-11-4-5-12(16)21-11)14(20)9-18-7-10(15)3-6-13(18)19/h3-7H,2,8-9H2,1H3. The van der Waals surface area contributed by atoms with Crippen molar-refractivity contribution in [2.75, 3.05) is 6.54 Å². The molecule has 2 aromatic rings. The Morgan fingerprint density at radius 1 is 1.38 bits per heavy atom. The number of likely N-dealkylation sites (N-methyl/N-ethyl adjacent to an activating group) is 1. The summed E-state index contributed by atoms with van der Waals surface area (Å²) in [5.41, 5.74) is -0.193. The van der Waals surface area contributed by atoms with Gasteiger partial charge in [0.05, 0.1) is 10.9 Å². The molecule has 0 saturated heterocycles. The lowest BCUT2D eigenvalue weighted by Crippen LogP contribution is -2.35. The van der Waals surface area contributed by atoms with Crippen molar-refractivity contribution in [3.05, 3.63) is 54.5 Å². The molecular formula is C14H14BrClN2O2S. The van der Waals surface area contributed by atoms with Crippen molar-refractivity contribution in [1.29, 1.82) is 0 Å². The molecule has 2 heterocycles. The van der Waals surface area contributed by atoms with Crippen molar-refractivity contribution in [3.8, 4) is 0 Å². The van der Waals surface area contributed by atoms with Crippen LogP contribution in [0.4, 0.5) is 0 Å². The van der Waals surface area contributed by atoms with E-state index < -0.39 is 0 Å². The summed E-state index contributed by atoms with van der Waals surface area (Å²) < 4.78 is 2.87. The van der Waals surface area contributed by atoms with Gasteiger partial charge < -0.3 is 9.47 Å². The minimum Gasteiger partial charge on any atom is -0.336 e. The lowest BCUT2D eigenvalue weighted by atomic mass is 10.3. The second-order valence-corrected chi connectivity index (χ2v) is 7.14. The van der Waals surface area contributed by atoms with E-state index in [1.165, 1.54) is 22.0 Å². The summed E-state index contributed by atoms with van der Waals surface area (Å²) >= 11 is 10.7. The summed E-state index contributed by atoms with van der Waals surface area (Å²) in [6, 6.07) is 6.83. The quantitative estimate of drug-likeness (QED) is 0.787. The largest absolute Gasteiger partial charge is 0.336 e. The van der Waals surface area contributed by atoms with Gasteiger partial charge in [-0.2, -0.15) is 0 Å². The number of rotatable bonds is 5. The Labute approximate surface area is 140 Å². The van der Waals surface area contributed by atoms with Crippen LogP contribution in [0, 0.1) is 0 Å². The number of carbonyl (C=O) groups excluding carboxylic acids is 1. The van der Waals surface area contributed by atoms with Gasteiger partial charge in [-0.05, 0) is 41.1 Å². The zero-order chi connectivity index (χ0) is 15.4. The first kappa shape index (κ1) is 16.3. The predicted molar refractivity (Wildman–Crippen MR) is 88.8 cm³/mol. The number of carbonyl (C=O) groups is 1. The fraction of sp³-hybridized carbons (Fsp3) is 0.286. The SMILES string of the molecule is CCN(Cc1ccc(Cl)s1)C(=O)Cn1cc(Br)ccc1=O. The zero-order valence-electron chi connectivity index (χ0n) is 11.4. The maximum absolute atomic E-state index is 12.3. The molecule has 0 aliphatic heterocycles. The van der Waals surface area contributed by atoms with Crippen LogP contribution in [-0.2, 0) is 17.9 Å². The molecule has 0 bridgehead atoms. The maximum atomic E-state index is 12.3. The molecule has 0 N–H and O–H groups in total. The van der Waals surface area contributed by atoms with E-state index in [9.17, 15) is 9.59 Å². The van der Waals surface area contributed by atoms with Gasteiger partial charge >= 0.3 is 0 Å². The van der Waals surface area contributed by atoms with E-state index in [-0.39, 0.29) is 18.0 Å². The van der Waals surface area contributed by atoms with Gasteiger partial charge in [0, 0.05) is 28.2 Å². The molecule has 0 fully saturated rings. The summed E-state index contributed by atoms with van der Waals surface area (Å²) in [5.74, 6) is -0.0952. The first-order valence-corrected chi connectivity index (χ1v) is 8.36. The molecule has 0 spiro atoms. The Bertz CT molecular complexity index is 698. The first-order valence-electron chi connectivity index (χ1n) is 6.37. The minimum atomic E-state index is -0.193. The number of amides is 1. The van der Waals surface area contributed by atoms with E-state index in [0.29, 0.717) is 17.4 Å². The fourth-order valence-corrected chi connectivity index (χ4v) is 3.36. The second-order valence-electron chi connectivity index (χ2n) is 4.43. The monoisotopic (exact) mass is 388 g/mol. The molecule has 0 aromatic carbocycles. The van der Waals surface area contributed by atoms with Crippen LogP contribution < -0.4 is 5.56 Å². The number of hydrogen-bond acceptors (Lipinski definition) is 3. The van der Waals surface area contributed by atoms with Gasteiger partial charge in [-0.1, -0.05) is 11.6 Å².